The smallest absolute Gasteiger partial charge is 0.307 e. The number of thiophene rings is 1. The number of rotatable bonds is 6. The van der Waals surface area contributed by atoms with Crippen LogP contribution in [0.25, 0.3) is 11.4 Å². The summed E-state index contributed by atoms with van der Waals surface area (Å²) in [5.41, 5.74) is 0.880. The van der Waals surface area contributed by atoms with Crippen LogP contribution in [0.15, 0.2) is 21.3 Å². The summed E-state index contributed by atoms with van der Waals surface area (Å²) in [4.78, 5) is 30.5. The standard InChI is InChI=1S/C18H23N3O5S/c1-11-8-21(9-12(2)24-11)18(23)13(3)25-16(22)5-4-15-19-17(20-26-15)14-6-7-27-10-14/h6-7,10-13H,4-5,8-9H2,1-3H3. The maximum absolute atomic E-state index is 12.5. The summed E-state index contributed by atoms with van der Waals surface area (Å²) in [6, 6.07) is 1.90. The fraction of sp³-hybridized carbons (Fsp3) is 0.556. The van der Waals surface area contributed by atoms with E-state index in [1.54, 1.807) is 23.2 Å². The predicted molar refractivity (Wildman–Crippen MR) is 98.1 cm³/mol. The fourth-order valence-electron chi connectivity index (χ4n) is 3.00. The van der Waals surface area contributed by atoms with Gasteiger partial charge in [0.2, 0.25) is 11.7 Å². The van der Waals surface area contributed by atoms with Gasteiger partial charge < -0.3 is 18.9 Å². The number of nitrogens with zero attached hydrogens (tertiary/aromatic N) is 3. The average molecular weight is 393 g/mol. The van der Waals surface area contributed by atoms with E-state index in [9.17, 15) is 9.59 Å². The van der Waals surface area contributed by atoms with Crippen molar-refractivity contribution in [2.45, 2.75) is 51.9 Å². The van der Waals surface area contributed by atoms with E-state index in [4.69, 9.17) is 14.0 Å². The summed E-state index contributed by atoms with van der Waals surface area (Å²) in [5.74, 6) is 0.185. The predicted octanol–water partition coefficient (Wildman–Crippen LogP) is 2.30. The first kappa shape index (κ1) is 19.5. The molecule has 1 amide bonds. The highest BCUT2D eigenvalue weighted by Gasteiger charge is 2.30. The van der Waals surface area contributed by atoms with Crippen molar-refractivity contribution in [1.29, 1.82) is 0 Å². The molecule has 2 aromatic heterocycles. The number of hydrogen-bond acceptors (Lipinski definition) is 8. The van der Waals surface area contributed by atoms with E-state index in [-0.39, 0.29) is 31.0 Å². The number of ether oxygens (including phenoxy) is 2. The highest BCUT2D eigenvalue weighted by Crippen LogP contribution is 2.19. The molecule has 1 fully saturated rings. The van der Waals surface area contributed by atoms with Crippen LogP contribution < -0.4 is 0 Å². The quantitative estimate of drug-likeness (QED) is 0.695. The second-order valence-corrected chi connectivity index (χ2v) is 7.44. The van der Waals surface area contributed by atoms with E-state index in [0.29, 0.717) is 24.8 Å². The van der Waals surface area contributed by atoms with Gasteiger partial charge in [0.15, 0.2) is 6.10 Å². The molecule has 2 aromatic rings. The highest BCUT2D eigenvalue weighted by atomic mass is 32.1. The molecule has 0 bridgehead atoms. The molecule has 0 N–H and O–H groups in total. The molecule has 0 aromatic carbocycles. The minimum Gasteiger partial charge on any atom is -0.453 e. The topological polar surface area (TPSA) is 94.8 Å². The molecule has 3 heterocycles. The van der Waals surface area contributed by atoms with E-state index in [1.165, 1.54) is 0 Å². The third-order valence-corrected chi connectivity index (χ3v) is 4.86. The van der Waals surface area contributed by atoms with E-state index < -0.39 is 12.1 Å². The summed E-state index contributed by atoms with van der Waals surface area (Å²) in [6.07, 6.45) is -0.563. The van der Waals surface area contributed by atoms with Gasteiger partial charge in [-0.05, 0) is 32.2 Å². The summed E-state index contributed by atoms with van der Waals surface area (Å²) in [5, 5.41) is 7.74. The molecule has 27 heavy (non-hydrogen) atoms. The number of esters is 1. The van der Waals surface area contributed by atoms with E-state index in [0.717, 1.165) is 5.56 Å². The second-order valence-electron chi connectivity index (χ2n) is 6.66. The van der Waals surface area contributed by atoms with Crippen LogP contribution in [0, 0.1) is 0 Å². The van der Waals surface area contributed by atoms with Gasteiger partial charge in [-0.1, -0.05) is 5.16 Å². The van der Waals surface area contributed by atoms with Gasteiger partial charge in [-0.25, -0.2) is 0 Å². The first-order valence-electron chi connectivity index (χ1n) is 8.91. The summed E-state index contributed by atoms with van der Waals surface area (Å²) in [6.45, 7) is 6.42. The van der Waals surface area contributed by atoms with Gasteiger partial charge in [-0.15, -0.1) is 0 Å². The Labute approximate surface area is 161 Å². The average Bonchev–Trinajstić information content (AvgIpc) is 3.29. The Morgan fingerprint density at radius 3 is 2.78 bits per heavy atom. The van der Waals surface area contributed by atoms with Crippen molar-refractivity contribution in [3.8, 4) is 11.4 Å². The fourth-order valence-corrected chi connectivity index (χ4v) is 3.63. The molecule has 0 aliphatic carbocycles. The van der Waals surface area contributed by atoms with Gasteiger partial charge >= 0.3 is 5.97 Å². The van der Waals surface area contributed by atoms with Crippen molar-refractivity contribution in [2.75, 3.05) is 13.1 Å². The number of morpholine rings is 1. The summed E-state index contributed by atoms with van der Waals surface area (Å²) < 4.78 is 16.1. The second kappa shape index (κ2) is 8.62. The van der Waals surface area contributed by atoms with Gasteiger partial charge in [0.05, 0.1) is 18.6 Å². The van der Waals surface area contributed by atoms with Crippen LogP contribution in [0.5, 0.6) is 0 Å². The Hall–Kier alpha value is -2.26. The molecule has 3 atom stereocenters. The lowest BCUT2D eigenvalue weighted by atomic mass is 10.2. The SMILES string of the molecule is CC1CN(C(=O)C(C)OC(=O)CCc2nc(-c3ccsc3)no2)CC(C)O1. The number of carbonyl (C=O) groups is 2. The highest BCUT2D eigenvalue weighted by molar-refractivity contribution is 7.08. The van der Waals surface area contributed by atoms with E-state index in [1.807, 2.05) is 30.7 Å². The summed E-state index contributed by atoms with van der Waals surface area (Å²) in [7, 11) is 0. The van der Waals surface area contributed by atoms with E-state index >= 15 is 0 Å². The maximum Gasteiger partial charge on any atom is 0.307 e. The Bertz CT molecular complexity index is 766. The van der Waals surface area contributed by atoms with Crippen LogP contribution in [0.4, 0.5) is 0 Å². The summed E-state index contributed by atoms with van der Waals surface area (Å²) >= 11 is 1.54. The van der Waals surface area contributed by atoms with Crippen LogP contribution in [0.1, 0.15) is 33.1 Å². The lowest BCUT2D eigenvalue weighted by Crippen LogP contribution is -2.51. The van der Waals surface area contributed by atoms with Crippen molar-refractivity contribution in [1.82, 2.24) is 15.0 Å². The molecule has 0 saturated carbocycles. The number of aromatic nitrogens is 2. The first-order chi connectivity index (χ1) is 12.9. The van der Waals surface area contributed by atoms with Crippen LogP contribution in [-0.4, -0.2) is 58.3 Å². The minimum absolute atomic E-state index is 0.0319. The van der Waals surface area contributed by atoms with Crippen LogP contribution in [0.2, 0.25) is 0 Å². The first-order valence-corrected chi connectivity index (χ1v) is 9.85. The number of aryl methyl sites for hydroxylation is 1. The molecule has 1 saturated heterocycles. The Morgan fingerprint density at radius 2 is 2.11 bits per heavy atom. The molecule has 1 aliphatic rings. The number of carbonyl (C=O) groups excluding carboxylic acids is 2. The zero-order valence-corrected chi connectivity index (χ0v) is 16.4. The van der Waals surface area contributed by atoms with Crippen LogP contribution in [0.3, 0.4) is 0 Å². The molecule has 0 spiro atoms. The lowest BCUT2D eigenvalue weighted by molar-refractivity contribution is -0.164. The van der Waals surface area contributed by atoms with Crippen LogP contribution >= 0.6 is 11.3 Å². The molecular weight excluding hydrogens is 370 g/mol. The van der Waals surface area contributed by atoms with E-state index in [2.05, 4.69) is 10.1 Å². The normalized spacial score (nSPS) is 21.1. The third-order valence-electron chi connectivity index (χ3n) is 4.18. The monoisotopic (exact) mass is 393 g/mol. The van der Waals surface area contributed by atoms with Gasteiger partial charge in [-0.3, -0.25) is 9.59 Å². The number of hydrogen-bond donors (Lipinski definition) is 0. The Balaban J connectivity index is 1.46. The zero-order chi connectivity index (χ0) is 19.4. The van der Waals surface area contributed by atoms with Crippen molar-refractivity contribution in [3.63, 3.8) is 0 Å². The lowest BCUT2D eigenvalue weighted by Gasteiger charge is -2.36. The molecule has 0 radical (unpaired) electrons. The Morgan fingerprint density at radius 1 is 1.37 bits per heavy atom. The van der Waals surface area contributed by atoms with Gasteiger partial charge in [0, 0.05) is 30.5 Å². The van der Waals surface area contributed by atoms with Crippen molar-refractivity contribution < 1.29 is 23.6 Å². The van der Waals surface area contributed by atoms with Gasteiger partial charge in [0.25, 0.3) is 5.91 Å². The Kier molecular flexibility index (Phi) is 6.22. The van der Waals surface area contributed by atoms with Crippen molar-refractivity contribution >= 4 is 23.2 Å². The minimum atomic E-state index is -0.834. The molecule has 8 nitrogen and oxygen atoms in total. The largest absolute Gasteiger partial charge is 0.453 e. The number of amides is 1. The molecule has 1 aliphatic heterocycles. The zero-order valence-electron chi connectivity index (χ0n) is 15.6. The molecular formula is C18H23N3O5S. The van der Waals surface area contributed by atoms with Crippen LogP contribution in [-0.2, 0) is 25.5 Å². The third kappa shape index (κ3) is 5.14. The molecule has 3 rings (SSSR count). The van der Waals surface area contributed by atoms with Crippen molar-refractivity contribution in [3.05, 3.63) is 22.7 Å². The van der Waals surface area contributed by atoms with Gasteiger partial charge in [-0.2, -0.15) is 16.3 Å². The maximum atomic E-state index is 12.5. The van der Waals surface area contributed by atoms with Gasteiger partial charge in [0.1, 0.15) is 0 Å². The molecule has 146 valence electrons. The molecule has 9 heteroatoms. The van der Waals surface area contributed by atoms with Crippen molar-refractivity contribution in [2.24, 2.45) is 0 Å². The molecule has 3 unspecified atom stereocenters.